The van der Waals surface area contributed by atoms with E-state index < -0.39 is 0 Å². The summed E-state index contributed by atoms with van der Waals surface area (Å²) >= 11 is 0. The lowest BCUT2D eigenvalue weighted by Gasteiger charge is -2.10. The molecule has 0 rings (SSSR count). The Balaban J connectivity index is 3.98. The monoisotopic (exact) mass is 199 g/mol. The van der Waals surface area contributed by atoms with E-state index in [9.17, 15) is 9.59 Å². The van der Waals surface area contributed by atoms with Crippen LogP contribution in [0.2, 0.25) is 0 Å². The molecule has 0 radical (unpaired) electrons. The minimum Gasteiger partial charge on any atom is -0.461 e. The first-order valence-corrected chi connectivity index (χ1v) is 4.65. The molecule has 0 spiro atoms. The molecule has 14 heavy (non-hydrogen) atoms. The summed E-state index contributed by atoms with van der Waals surface area (Å²) < 4.78 is 4.77. The molecule has 0 bridgehead atoms. The predicted octanol–water partition coefficient (Wildman–Crippen LogP) is 0.660. The molecule has 4 heteroatoms. The average molecular weight is 199 g/mol. The van der Waals surface area contributed by atoms with Crippen molar-refractivity contribution in [3.05, 3.63) is 12.7 Å². The van der Waals surface area contributed by atoms with Gasteiger partial charge in [0.05, 0.1) is 13.0 Å². The molecule has 1 atom stereocenters. The number of hydrogen-bond acceptors (Lipinski definition) is 4. The molecule has 0 amide bonds. The number of hydrogen-bond donors (Lipinski definition) is 1. The van der Waals surface area contributed by atoms with Crippen molar-refractivity contribution < 1.29 is 14.3 Å². The molecule has 0 aliphatic heterocycles. The minimum atomic E-state index is -0.376. The van der Waals surface area contributed by atoms with Crippen LogP contribution >= 0.6 is 0 Å². The van der Waals surface area contributed by atoms with Crippen LogP contribution in [0.5, 0.6) is 0 Å². The molecule has 0 aliphatic rings. The van der Waals surface area contributed by atoms with Crippen LogP contribution in [0.1, 0.15) is 19.8 Å². The van der Waals surface area contributed by atoms with Gasteiger partial charge in [-0.25, -0.2) is 0 Å². The average Bonchev–Trinajstić information content (AvgIpc) is 2.21. The van der Waals surface area contributed by atoms with Gasteiger partial charge in [0.25, 0.3) is 0 Å². The first-order valence-electron chi connectivity index (χ1n) is 4.65. The fraction of sp³-hybridized carbons (Fsp3) is 0.600. The van der Waals surface area contributed by atoms with Gasteiger partial charge in [0.15, 0.2) is 0 Å². The quantitative estimate of drug-likeness (QED) is 0.483. The minimum absolute atomic E-state index is 0.0206. The SMILES string of the molecule is C=CCOC(=O)CC(CC)C(=O)CN. The van der Waals surface area contributed by atoms with E-state index in [1.54, 1.807) is 0 Å². The topological polar surface area (TPSA) is 69.4 Å². The van der Waals surface area contributed by atoms with Crippen molar-refractivity contribution >= 4 is 11.8 Å². The molecule has 0 saturated carbocycles. The zero-order valence-electron chi connectivity index (χ0n) is 8.49. The molecular formula is C10H17NO3. The van der Waals surface area contributed by atoms with Crippen LogP contribution in [0.25, 0.3) is 0 Å². The van der Waals surface area contributed by atoms with Crippen molar-refractivity contribution in [2.45, 2.75) is 19.8 Å². The van der Waals surface area contributed by atoms with Crippen molar-refractivity contribution in [1.82, 2.24) is 0 Å². The summed E-state index contributed by atoms with van der Waals surface area (Å²) in [6.45, 7) is 5.43. The lowest BCUT2D eigenvalue weighted by molar-refractivity contribution is -0.145. The molecule has 4 nitrogen and oxygen atoms in total. The number of esters is 1. The van der Waals surface area contributed by atoms with Crippen molar-refractivity contribution in [1.29, 1.82) is 0 Å². The van der Waals surface area contributed by atoms with E-state index in [1.165, 1.54) is 6.08 Å². The lowest BCUT2D eigenvalue weighted by atomic mass is 9.97. The van der Waals surface area contributed by atoms with Crippen molar-refractivity contribution in [3.63, 3.8) is 0 Å². The fourth-order valence-electron chi connectivity index (χ4n) is 1.06. The second-order valence-electron chi connectivity index (χ2n) is 2.95. The highest BCUT2D eigenvalue weighted by atomic mass is 16.5. The van der Waals surface area contributed by atoms with E-state index >= 15 is 0 Å². The number of rotatable bonds is 7. The van der Waals surface area contributed by atoms with Crippen molar-refractivity contribution in [2.75, 3.05) is 13.2 Å². The van der Waals surface area contributed by atoms with Crippen LogP contribution in [0.3, 0.4) is 0 Å². The van der Waals surface area contributed by atoms with E-state index in [-0.39, 0.29) is 37.2 Å². The van der Waals surface area contributed by atoms with Crippen LogP contribution in [-0.4, -0.2) is 24.9 Å². The third-order valence-electron chi connectivity index (χ3n) is 1.92. The van der Waals surface area contributed by atoms with E-state index in [2.05, 4.69) is 6.58 Å². The molecule has 0 aromatic carbocycles. The van der Waals surface area contributed by atoms with E-state index in [4.69, 9.17) is 10.5 Å². The van der Waals surface area contributed by atoms with Gasteiger partial charge >= 0.3 is 5.97 Å². The zero-order chi connectivity index (χ0) is 11.0. The van der Waals surface area contributed by atoms with Gasteiger partial charge in [-0.05, 0) is 6.42 Å². The van der Waals surface area contributed by atoms with Crippen molar-refractivity contribution in [2.24, 2.45) is 11.7 Å². The smallest absolute Gasteiger partial charge is 0.306 e. The number of Topliss-reactive ketones (excluding diaryl/α,β-unsaturated/α-hetero) is 1. The second kappa shape index (κ2) is 7.26. The summed E-state index contributed by atoms with van der Waals surface area (Å²) in [5.41, 5.74) is 5.21. The molecule has 80 valence electrons. The lowest BCUT2D eigenvalue weighted by Crippen LogP contribution is -2.25. The first kappa shape index (κ1) is 12.8. The Kier molecular flexibility index (Phi) is 6.66. The van der Waals surface area contributed by atoms with Crippen LogP contribution < -0.4 is 5.73 Å². The summed E-state index contributed by atoms with van der Waals surface area (Å²) in [7, 11) is 0. The Morgan fingerprint density at radius 1 is 1.57 bits per heavy atom. The standard InChI is InChI=1S/C10H17NO3/c1-3-5-14-10(13)6-8(4-2)9(12)7-11/h3,8H,1,4-7,11H2,2H3. The van der Waals surface area contributed by atoms with E-state index in [0.717, 1.165) is 0 Å². The largest absolute Gasteiger partial charge is 0.461 e. The number of ketones is 1. The summed E-state index contributed by atoms with van der Waals surface area (Å²) in [6, 6.07) is 0. The molecule has 0 aromatic heterocycles. The normalized spacial score (nSPS) is 11.9. The Hall–Kier alpha value is -1.16. The highest BCUT2D eigenvalue weighted by Gasteiger charge is 2.19. The third-order valence-corrected chi connectivity index (χ3v) is 1.92. The van der Waals surface area contributed by atoms with Gasteiger partial charge in [0.2, 0.25) is 0 Å². The molecule has 0 aliphatic carbocycles. The molecule has 0 heterocycles. The van der Waals surface area contributed by atoms with Gasteiger partial charge in [0.1, 0.15) is 12.4 Å². The first-order chi connectivity index (χ1) is 6.65. The van der Waals surface area contributed by atoms with Gasteiger partial charge in [-0.2, -0.15) is 0 Å². The molecule has 0 fully saturated rings. The number of carbonyl (C=O) groups is 2. The summed E-state index contributed by atoms with van der Waals surface area (Å²) in [5.74, 6) is -0.779. The molecule has 1 unspecified atom stereocenters. The molecule has 2 N–H and O–H groups in total. The zero-order valence-corrected chi connectivity index (χ0v) is 8.49. The maximum Gasteiger partial charge on any atom is 0.306 e. The maximum atomic E-state index is 11.2. The van der Waals surface area contributed by atoms with Gasteiger partial charge in [0, 0.05) is 5.92 Å². The highest BCUT2D eigenvalue weighted by molar-refractivity contribution is 5.86. The number of nitrogens with two attached hydrogens (primary N) is 1. The van der Waals surface area contributed by atoms with Crippen LogP contribution in [0.15, 0.2) is 12.7 Å². The molecule has 0 aromatic rings. The summed E-state index contributed by atoms with van der Waals surface area (Å²) in [6.07, 6.45) is 2.21. The molecule has 0 saturated heterocycles. The Morgan fingerprint density at radius 3 is 2.64 bits per heavy atom. The maximum absolute atomic E-state index is 11.2. The predicted molar refractivity (Wildman–Crippen MR) is 53.6 cm³/mol. The third kappa shape index (κ3) is 4.77. The van der Waals surface area contributed by atoms with E-state index in [1.807, 2.05) is 6.92 Å². The van der Waals surface area contributed by atoms with Crippen LogP contribution in [0.4, 0.5) is 0 Å². The van der Waals surface area contributed by atoms with Gasteiger partial charge in [-0.3, -0.25) is 9.59 Å². The van der Waals surface area contributed by atoms with Gasteiger partial charge in [-0.1, -0.05) is 19.6 Å². The Labute approximate surface area is 84.1 Å². The van der Waals surface area contributed by atoms with Crippen LogP contribution in [-0.2, 0) is 14.3 Å². The summed E-state index contributed by atoms with van der Waals surface area (Å²) in [5, 5.41) is 0. The Bertz CT molecular complexity index is 213. The number of ether oxygens (including phenoxy) is 1. The number of carbonyl (C=O) groups excluding carboxylic acids is 2. The molecular weight excluding hydrogens is 182 g/mol. The fourth-order valence-corrected chi connectivity index (χ4v) is 1.06. The second-order valence-corrected chi connectivity index (χ2v) is 2.95. The summed E-state index contributed by atoms with van der Waals surface area (Å²) in [4.78, 5) is 22.3. The highest BCUT2D eigenvalue weighted by Crippen LogP contribution is 2.10. The van der Waals surface area contributed by atoms with Crippen LogP contribution in [0, 0.1) is 5.92 Å². The van der Waals surface area contributed by atoms with E-state index in [0.29, 0.717) is 6.42 Å². The van der Waals surface area contributed by atoms with Gasteiger partial charge < -0.3 is 10.5 Å². The van der Waals surface area contributed by atoms with Gasteiger partial charge in [-0.15, -0.1) is 0 Å². The van der Waals surface area contributed by atoms with Crippen molar-refractivity contribution in [3.8, 4) is 0 Å². The Morgan fingerprint density at radius 2 is 2.21 bits per heavy atom.